The molecule has 4 N–H and O–H groups in total. The minimum absolute atomic E-state index is 0. The summed E-state index contributed by atoms with van der Waals surface area (Å²) in [6.45, 7) is 0. The van der Waals surface area contributed by atoms with Gasteiger partial charge in [0.25, 0.3) is 5.56 Å². The second-order valence-electron chi connectivity index (χ2n) is 4.90. The molecule has 9 heteroatoms. The summed E-state index contributed by atoms with van der Waals surface area (Å²) in [5.41, 5.74) is -2.14. The average Bonchev–Trinajstić information content (AvgIpc) is 2.37. The molecule has 0 bridgehead atoms. The molecule has 1 aliphatic rings. The molecule has 2 rings (SSSR count). The van der Waals surface area contributed by atoms with Crippen molar-refractivity contribution in [3.05, 3.63) is 32.1 Å². The van der Waals surface area contributed by atoms with E-state index in [0.29, 0.717) is 19.3 Å². The number of aromatic carboxylic acids is 1. The first-order chi connectivity index (χ1) is 9.40. The first-order valence-electron chi connectivity index (χ1n) is 6.22. The third kappa shape index (κ3) is 4.13. The van der Waals surface area contributed by atoms with Crippen LogP contribution >= 0.6 is 0 Å². The average molecular weight is 322 g/mol. The molecule has 0 radical (unpaired) electrons. The molecule has 0 spiro atoms. The third-order valence-corrected chi connectivity index (χ3v) is 3.63. The summed E-state index contributed by atoms with van der Waals surface area (Å²) in [6, 6.07) is 0. The molecule has 0 amide bonds. The van der Waals surface area contributed by atoms with E-state index in [9.17, 15) is 19.2 Å². The molecule has 0 aromatic carbocycles. The fourth-order valence-electron chi connectivity index (χ4n) is 2.73. The first-order valence-corrected chi connectivity index (χ1v) is 6.22. The van der Waals surface area contributed by atoms with Crippen molar-refractivity contribution in [2.45, 2.75) is 31.6 Å². The van der Waals surface area contributed by atoms with Gasteiger partial charge in [0.15, 0.2) is 0 Å². The third-order valence-electron chi connectivity index (χ3n) is 3.63. The Hall–Kier alpha value is -0.744. The van der Waals surface area contributed by atoms with Crippen LogP contribution in [0.2, 0.25) is 0 Å². The Morgan fingerprint density at radius 2 is 1.76 bits per heavy atom. The maximum atomic E-state index is 11.9. The van der Waals surface area contributed by atoms with Crippen molar-refractivity contribution in [3.63, 3.8) is 0 Å². The Kier molecular flexibility index (Phi) is 6.54. The van der Waals surface area contributed by atoms with Crippen LogP contribution in [0.25, 0.3) is 0 Å². The number of aromatic amines is 2. The van der Waals surface area contributed by atoms with Crippen molar-refractivity contribution in [1.29, 1.82) is 0 Å². The molecule has 2 unspecified atom stereocenters. The van der Waals surface area contributed by atoms with Crippen LogP contribution in [-0.4, -0.2) is 83.5 Å². The molecule has 21 heavy (non-hydrogen) atoms. The Bertz CT molecular complexity index is 664. The second-order valence-corrected chi connectivity index (χ2v) is 4.90. The quantitative estimate of drug-likeness (QED) is 0.551. The van der Waals surface area contributed by atoms with Gasteiger partial charge in [-0.15, -0.1) is 0 Å². The van der Waals surface area contributed by atoms with Gasteiger partial charge in [-0.05, 0) is 25.2 Å². The molecule has 1 aromatic heterocycles. The van der Waals surface area contributed by atoms with E-state index in [0.717, 1.165) is 0 Å². The molecule has 0 saturated heterocycles. The van der Waals surface area contributed by atoms with E-state index in [4.69, 9.17) is 10.2 Å². The number of aromatic nitrogens is 2. The monoisotopic (exact) mass is 322 g/mol. The van der Waals surface area contributed by atoms with E-state index in [1.54, 1.807) is 0 Å². The van der Waals surface area contributed by atoms with Crippen molar-refractivity contribution >= 4 is 63.3 Å². The number of nitrogens with one attached hydrogen (secondary N) is 2. The summed E-state index contributed by atoms with van der Waals surface area (Å²) in [4.78, 5) is 49.3. The SMILES string of the molecule is O=C(O)c1[nH]c(=O)[nH]c(=O)c1C1CCCC(C(=O)O)C1.[KH]. The maximum absolute atomic E-state index is 11.9. The Balaban J connectivity index is 0.00000220. The van der Waals surface area contributed by atoms with Crippen LogP contribution in [0.5, 0.6) is 0 Å². The fraction of sp³-hybridized carbons (Fsp3) is 0.500. The molecule has 110 valence electrons. The van der Waals surface area contributed by atoms with Crippen molar-refractivity contribution < 1.29 is 19.8 Å². The molecule has 1 aromatic rings. The number of rotatable bonds is 3. The van der Waals surface area contributed by atoms with Crippen LogP contribution in [-0.2, 0) is 4.79 Å². The Labute approximate surface area is 161 Å². The molecular formula is C12H15KN2O6. The topological polar surface area (TPSA) is 140 Å². The molecule has 1 saturated carbocycles. The normalized spacial score (nSPS) is 21.3. The summed E-state index contributed by atoms with van der Waals surface area (Å²) >= 11 is 0. The van der Waals surface area contributed by atoms with Crippen LogP contribution in [0.4, 0.5) is 0 Å². The van der Waals surface area contributed by atoms with Gasteiger partial charge in [-0.25, -0.2) is 9.59 Å². The van der Waals surface area contributed by atoms with Crippen molar-refractivity contribution in [2.24, 2.45) is 5.92 Å². The van der Waals surface area contributed by atoms with Gasteiger partial charge in [0.1, 0.15) is 5.69 Å². The van der Waals surface area contributed by atoms with Crippen molar-refractivity contribution in [3.8, 4) is 0 Å². The number of hydrogen-bond acceptors (Lipinski definition) is 4. The standard InChI is InChI=1S/C12H14N2O6.K.H/c15-9-7(8(11(18)19)13-12(20)14-9)5-2-1-3-6(4-5)10(16)17;;/h5-6H,1-4H2,(H,16,17)(H,18,19)(H2,13,14,15,20);;. The molecular weight excluding hydrogens is 307 g/mol. The Morgan fingerprint density at radius 3 is 2.33 bits per heavy atom. The van der Waals surface area contributed by atoms with Gasteiger partial charge >= 0.3 is 69.0 Å². The van der Waals surface area contributed by atoms with Crippen molar-refractivity contribution in [1.82, 2.24) is 9.97 Å². The van der Waals surface area contributed by atoms with Gasteiger partial charge in [0, 0.05) is 0 Å². The Morgan fingerprint density at radius 1 is 1.10 bits per heavy atom. The van der Waals surface area contributed by atoms with E-state index in [2.05, 4.69) is 4.98 Å². The van der Waals surface area contributed by atoms with E-state index < -0.39 is 40.7 Å². The van der Waals surface area contributed by atoms with Crippen molar-refractivity contribution in [2.75, 3.05) is 0 Å². The number of hydrogen-bond donors (Lipinski definition) is 4. The number of carbonyl (C=O) groups is 2. The number of aliphatic carboxylic acids is 1. The first kappa shape index (κ1) is 18.3. The van der Waals surface area contributed by atoms with Crippen LogP contribution < -0.4 is 11.2 Å². The number of carboxylic acids is 2. The molecule has 1 heterocycles. The number of H-pyrrole nitrogens is 2. The second kappa shape index (κ2) is 7.50. The van der Waals surface area contributed by atoms with Crippen LogP contribution in [0, 0.1) is 5.92 Å². The van der Waals surface area contributed by atoms with Crippen LogP contribution in [0.1, 0.15) is 47.7 Å². The molecule has 1 fully saturated rings. The van der Waals surface area contributed by atoms with Gasteiger partial charge in [-0.1, -0.05) is 6.42 Å². The van der Waals surface area contributed by atoms with E-state index >= 15 is 0 Å². The van der Waals surface area contributed by atoms with E-state index in [1.807, 2.05) is 4.98 Å². The van der Waals surface area contributed by atoms with E-state index in [-0.39, 0.29) is 63.4 Å². The predicted molar refractivity (Wildman–Crippen MR) is 74.1 cm³/mol. The summed E-state index contributed by atoms with van der Waals surface area (Å²) in [5.74, 6) is -3.42. The molecule has 2 atom stereocenters. The van der Waals surface area contributed by atoms with E-state index in [1.165, 1.54) is 0 Å². The van der Waals surface area contributed by atoms with Gasteiger partial charge in [0.05, 0.1) is 11.5 Å². The minimum atomic E-state index is -1.40. The van der Waals surface area contributed by atoms with Gasteiger partial charge in [0.2, 0.25) is 0 Å². The summed E-state index contributed by atoms with van der Waals surface area (Å²) in [5, 5.41) is 18.1. The zero-order valence-electron chi connectivity index (χ0n) is 10.5. The zero-order valence-corrected chi connectivity index (χ0v) is 10.5. The molecule has 1 aliphatic carbocycles. The van der Waals surface area contributed by atoms with Gasteiger partial charge < -0.3 is 15.2 Å². The van der Waals surface area contributed by atoms with Crippen LogP contribution in [0.3, 0.4) is 0 Å². The fourth-order valence-corrected chi connectivity index (χ4v) is 2.73. The number of carboxylic acid groups (broad SMARTS) is 2. The summed E-state index contributed by atoms with van der Waals surface area (Å²) < 4.78 is 0. The molecule has 8 nitrogen and oxygen atoms in total. The summed E-state index contributed by atoms with van der Waals surface area (Å²) in [7, 11) is 0. The zero-order chi connectivity index (χ0) is 14.9. The molecule has 0 aliphatic heterocycles. The summed E-state index contributed by atoms with van der Waals surface area (Å²) in [6.07, 6.45) is 1.83. The predicted octanol–water partition coefficient (Wildman–Crippen LogP) is -0.529. The van der Waals surface area contributed by atoms with Gasteiger partial charge in [-0.2, -0.15) is 0 Å². The van der Waals surface area contributed by atoms with Crippen LogP contribution in [0.15, 0.2) is 9.59 Å². The van der Waals surface area contributed by atoms with Gasteiger partial charge in [-0.3, -0.25) is 14.6 Å².